The van der Waals surface area contributed by atoms with Crippen molar-refractivity contribution < 1.29 is 4.79 Å². The van der Waals surface area contributed by atoms with Crippen molar-refractivity contribution in [3.63, 3.8) is 0 Å². The minimum atomic E-state index is -0.286. The van der Waals surface area contributed by atoms with Crippen LogP contribution in [0, 0.1) is 6.92 Å². The second kappa shape index (κ2) is 6.92. The normalized spacial score (nSPS) is 12.0. The maximum atomic E-state index is 12.0. The van der Waals surface area contributed by atoms with Crippen LogP contribution < -0.4 is 10.6 Å². The number of aromatic nitrogens is 2. The summed E-state index contributed by atoms with van der Waals surface area (Å²) in [5.74, 6) is -0.00700. The number of hydrogen-bond donors (Lipinski definition) is 2. The molecule has 0 fully saturated rings. The van der Waals surface area contributed by atoms with Gasteiger partial charge in [0.15, 0.2) is 0 Å². The Morgan fingerprint density at radius 2 is 2.14 bits per heavy atom. The summed E-state index contributed by atoms with van der Waals surface area (Å²) >= 11 is 0. The Kier molecular flexibility index (Phi) is 4.98. The van der Waals surface area contributed by atoms with Gasteiger partial charge in [-0.2, -0.15) is 5.10 Å². The molecule has 0 aliphatic heterocycles. The van der Waals surface area contributed by atoms with Gasteiger partial charge in [0.05, 0.1) is 11.9 Å². The van der Waals surface area contributed by atoms with E-state index in [0.717, 1.165) is 12.1 Å². The lowest BCUT2D eigenvalue weighted by molar-refractivity contribution is -0.121. The highest BCUT2D eigenvalue weighted by atomic mass is 16.2. The first kappa shape index (κ1) is 15.1. The number of anilines is 1. The maximum absolute atomic E-state index is 12.0. The largest absolute Gasteiger partial charge is 0.371 e. The van der Waals surface area contributed by atoms with Gasteiger partial charge in [0.25, 0.3) is 0 Å². The maximum Gasteiger partial charge on any atom is 0.242 e. The van der Waals surface area contributed by atoms with Crippen molar-refractivity contribution in [2.24, 2.45) is 7.05 Å². The van der Waals surface area contributed by atoms with Crippen LogP contribution in [0.4, 0.5) is 5.69 Å². The quantitative estimate of drug-likeness (QED) is 0.852. The Bertz CT molecular complexity index is 606. The lowest BCUT2D eigenvalue weighted by Gasteiger charge is -2.14. The van der Waals surface area contributed by atoms with Gasteiger partial charge in [-0.1, -0.05) is 24.3 Å². The molecule has 0 radical (unpaired) electrons. The molecule has 1 aromatic carbocycles. The van der Waals surface area contributed by atoms with Gasteiger partial charge in [-0.05, 0) is 31.4 Å². The topological polar surface area (TPSA) is 59.0 Å². The van der Waals surface area contributed by atoms with E-state index in [1.807, 2.05) is 32.3 Å². The van der Waals surface area contributed by atoms with E-state index in [-0.39, 0.29) is 11.9 Å². The molecule has 21 heavy (non-hydrogen) atoms. The number of aryl methyl sites for hydroxylation is 2. The molecule has 5 heteroatoms. The van der Waals surface area contributed by atoms with Crippen LogP contribution in [0.25, 0.3) is 0 Å². The highest BCUT2D eigenvalue weighted by Crippen LogP contribution is 2.07. The van der Waals surface area contributed by atoms with E-state index in [1.165, 1.54) is 11.1 Å². The molecule has 0 unspecified atom stereocenters. The number of hydrogen-bond acceptors (Lipinski definition) is 3. The SMILES string of the molecule is Cc1ccccc1CCNC(=O)[C@@H](C)Nc1cnn(C)c1. The molecule has 1 aromatic heterocycles. The van der Waals surface area contributed by atoms with Crippen molar-refractivity contribution in [3.05, 3.63) is 47.8 Å². The van der Waals surface area contributed by atoms with Crippen LogP contribution in [-0.4, -0.2) is 28.3 Å². The second-order valence-corrected chi connectivity index (χ2v) is 5.24. The molecule has 0 saturated heterocycles. The van der Waals surface area contributed by atoms with Gasteiger partial charge in [0.1, 0.15) is 6.04 Å². The minimum absolute atomic E-state index is 0.00700. The van der Waals surface area contributed by atoms with E-state index >= 15 is 0 Å². The van der Waals surface area contributed by atoms with Gasteiger partial charge >= 0.3 is 0 Å². The molecular formula is C16H22N4O. The Morgan fingerprint density at radius 3 is 2.81 bits per heavy atom. The first-order valence-corrected chi connectivity index (χ1v) is 7.13. The molecule has 5 nitrogen and oxygen atoms in total. The standard InChI is InChI=1S/C16H22N4O/c1-12-6-4-5-7-14(12)8-9-17-16(21)13(2)19-15-10-18-20(3)11-15/h4-7,10-11,13,19H,8-9H2,1-3H3,(H,17,21)/t13-/m1/s1. The van der Waals surface area contributed by atoms with Crippen LogP contribution in [0.2, 0.25) is 0 Å². The fraction of sp³-hybridized carbons (Fsp3) is 0.375. The van der Waals surface area contributed by atoms with Gasteiger partial charge in [0.2, 0.25) is 5.91 Å². The summed E-state index contributed by atoms with van der Waals surface area (Å²) in [7, 11) is 1.85. The number of nitrogens with zero attached hydrogens (tertiary/aromatic N) is 2. The molecule has 0 bridgehead atoms. The van der Waals surface area contributed by atoms with E-state index < -0.39 is 0 Å². The smallest absolute Gasteiger partial charge is 0.242 e. The van der Waals surface area contributed by atoms with Crippen molar-refractivity contribution in [1.29, 1.82) is 0 Å². The van der Waals surface area contributed by atoms with E-state index in [2.05, 4.69) is 34.8 Å². The fourth-order valence-electron chi connectivity index (χ4n) is 2.18. The summed E-state index contributed by atoms with van der Waals surface area (Å²) in [4.78, 5) is 12.0. The summed E-state index contributed by atoms with van der Waals surface area (Å²) in [5, 5.41) is 10.1. The summed E-state index contributed by atoms with van der Waals surface area (Å²) in [6.45, 7) is 4.57. The van der Waals surface area contributed by atoms with Gasteiger partial charge < -0.3 is 10.6 Å². The van der Waals surface area contributed by atoms with Crippen molar-refractivity contribution in [2.45, 2.75) is 26.3 Å². The average Bonchev–Trinajstić information content (AvgIpc) is 2.86. The molecule has 112 valence electrons. The predicted octanol–water partition coefficient (Wildman–Crippen LogP) is 1.89. The minimum Gasteiger partial charge on any atom is -0.371 e. The zero-order chi connectivity index (χ0) is 15.2. The average molecular weight is 286 g/mol. The number of amides is 1. The zero-order valence-corrected chi connectivity index (χ0v) is 12.8. The molecule has 2 rings (SSSR count). The summed E-state index contributed by atoms with van der Waals surface area (Å²) in [5.41, 5.74) is 3.37. The monoisotopic (exact) mass is 286 g/mol. The molecule has 0 aliphatic rings. The van der Waals surface area contributed by atoms with Crippen molar-refractivity contribution in [3.8, 4) is 0 Å². The van der Waals surface area contributed by atoms with Gasteiger partial charge in [-0.3, -0.25) is 9.48 Å². The van der Waals surface area contributed by atoms with Crippen LogP contribution >= 0.6 is 0 Å². The number of carbonyl (C=O) groups excluding carboxylic acids is 1. The predicted molar refractivity (Wildman–Crippen MR) is 84.2 cm³/mol. The lowest BCUT2D eigenvalue weighted by atomic mass is 10.1. The van der Waals surface area contributed by atoms with Crippen LogP contribution in [0.5, 0.6) is 0 Å². The van der Waals surface area contributed by atoms with Crippen molar-refractivity contribution in [1.82, 2.24) is 15.1 Å². The Hall–Kier alpha value is -2.30. The van der Waals surface area contributed by atoms with Crippen LogP contribution in [-0.2, 0) is 18.3 Å². The molecule has 2 N–H and O–H groups in total. The van der Waals surface area contributed by atoms with Gasteiger partial charge in [-0.15, -0.1) is 0 Å². The third-order valence-corrected chi connectivity index (χ3v) is 3.44. The summed E-state index contributed by atoms with van der Waals surface area (Å²) in [6.07, 6.45) is 4.40. The van der Waals surface area contributed by atoms with E-state index in [1.54, 1.807) is 10.9 Å². The summed E-state index contributed by atoms with van der Waals surface area (Å²) < 4.78 is 1.70. The number of rotatable bonds is 6. The highest BCUT2D eigenvalue weighted by Gasteiger charge is 2.12. The second-order valence-electron chi connectivity index (χ2n) is 5.24. The first-order chi connectivity index (χ1) is 10.1. The van der Waals surface area contributed by atoms with E-state index in [9.17, 15) is 4.79 Å². The summed E-state index contributed by atoms with van der Waals surface area (Å²) in [6, 6.07) is 7.95. The van der Waals surface area contributed by atoms with Gasteiger partial charge in [-0.25, -0.2) is 0 Å². The van der Waals surface area contributed by atoms with E-state index in [4.69, 9.17) is 0 Å². The molecular weight excluding hydrogens is 264 g/mol. The number of carbonyl (C=O) groups is 1. The fourth-order valence-corrected chi connectivity index (χ4v) is 2.18. The molecule has 0 aliphatic carbocycles. The third-order valence-electron chi connectivity index (χ3n) is 3.44. The molecule has 1 heterocycles. The lowest BCUT2D eigenvalue weighted by Crippen LogP contribution is -2.38. The number of nitrogens with one attached hydrogen (secondary N) is 2. The molecule has 2 aromatic rings. The third kappa shape index (κ3) is 4.34. The molecule has 0 spiro atoms. The first-order valence-electron chi connectivity index (χ1n) is 7.13. The van der Waals surface area contributed by atoms with Crippen molar-refractivity contribution >= 4 is 11.6 Å². The Morgan fingerprint density at radius 1 is 1.38 bits per heavy atom. The molecule has 1 amide bonds. The Balaban J connectivity index is 1.77. The zero-order valence-electron chi connectivity index (χ0n) is 12.8. The molecule has 1 atom stereocenters. The van der Waals surface area contributed by atoms with Crippen LogP contribution in [0.1, 0.15) is 18.1 Å². The highest BCUT2D eigenvalue weighted by molar-refractivity contribution is 5.84. The molecule has 0 saturated carbocycles. The van der Waals surface area contributed by atoms with Crippen LogP contribution in [0.3, 0.4) is 0 Å². The number of benzene rings is 1. The van der Waals surface area contributed by atoms with E-state index in [0.29, 0.717) is 6.54 Å². The van der Waals surface area contributed by atoms with Crippen molar-refractivity contribution in [2.75, 3.05) is 11.9 Å². The van der Waals surface area contributed by atoms with Crippen LogP contribution in [0.15, 0.2) is 36.7 Å². The van der Waals surface area contributed by atoms with Gasteiger partial charge in [0, 0.05) is 19.8 Å². The Labute approximate surface area is 125 Å².